The maximum absolute atomic E-state index is 11.0. The summed E-state index contributed by atoms with van der Waals surface area (Å²) in [6.07, 6.45) is 0.362. The highest BCUT2D eigenvalue weighted by Gasteiger charge is 2.08. The summed E-state index contributed by atoms with van der Waals surface area (Å²) in [6, 6.07) is 0. The van der Waals surface area contributed by atoms with Gasteiger partial charge in [0.05, 0.1) is 19.6 Å². The van der Waals surface area contributed by atoms with E-state index in [1.807, 2.05) is 0 Å². The van der Waals surface area contributed by atoms with Crippen LogP contribution in [0.25, 0.3) is 0 Å². The monoisotopic (exact) mass is 248 g/mol. The Balaban J connectivity index is 2.28. The van der Waals surface area contributed by atoms with Gasteiger partial charge in [0.1, 0.15) is 9.90 Å². The predicted octanol–water partition coefficient (Wildman–Crippen LogP) is 1.08. The van der Waals surface area contributed by atoms with Gasteiger partial charge < -0.3 is 9.84 Å². The zero-order valence-electron chi connectivity index (χ0n) is 8.30. The fourth-order valence-electron chi connectivity index (χ4n) is 0.866. The first-order chi connectivity index (χ1) is 7.27. The van der Waals surface area contributed by atoms with Gasteiger partial charge >= 0.3 is 5.97 Å². The average molecular weight is 248 g/mol. The van der Waals surface area contributed by atoms with Crippen LogP contribution in [0.3, 0.4) is 0 Å². The van der Waals surface area contributed by atoms with Crippen molar-refractivity contribution in [2.24, 2.45) is 0 Å². The van der Waals surface area contributed by atoms with Gasteiger partial charge in [0.2, 0.25) is 0 Å². The number of carbonyl (C=O) groups excluding carboxylic acids is 1. The van der Waals surface area contributed by atoms with Gasteiger partial charge in [-0.25, -0.2) is 0 Å². The summed E-state index contributed by atoms with van der Waals surface area (Å²) in [7, 11) is 0. The highest BCUT2D eigenvalue weighted by Crippen LogP contribution is 2.25. The zero-order chi connectivity index (χ0) is 11.1. The van der Waals surface area contributed by atoms with Crippen LogP contribution >= 0.6 is 23.3 Å². The van der Waals surface area contributed by atoms with Crippen molar-refractivity contribution in [2.45, 2.75) is 24.2 Å². The Morgan fingerprint density at radius 2 is 2.47 bits per heavy atom. The van der Waals surface area contributed by atoms with E-state index in [0.29, 0.717) is 24.5 Å². The van der Waals surface area contributed by atoms with Crippen molar-refractivity contribution in [1.29, 1.82) is 0 Å². The normalized spacial score (nSPS) is 10.3. The van der Waals surface area contributed by atoms with Gasteiger partial charge in [0, 0.05) is 5.75 Å². The molecule has 0 saturated heterocycles. The van der Waals surface area contributed by atoms with Gasteiger partial charge in [-0.3, -0.25) is 4.79 Å². The van der Waals surface area contributed by atoms with Gasteiger partial charge in [-0.2, -0.15) is 0 Å². The molecule has 0 aromatic carbocycles. The van der Waals surface area contributed by atoms with Crippen LogP contribution in [0.4, 0.5) is 0 Å². The van der Waals surface area contributed by atoms with Crippen LogP contribution in [-0.2, 0) is 16.1 Å². The van der Waals surface area contributed by atoms with E-state index in [4.69, 9.17) is 9.84 Å². The maximum Gasteiger partial charge on any atom is 0.306 e. The van der Waals surface area contributed by atoms with Gasteiger partial charge in [-0.05, 0) is 18.5 Å². The number of hydrogen-bond donors (Lipinski definition) is 1. The molecule has 1 N–H and O–H groups in total. The van der Waals surface area contributed by atoms with Crippen molar-refractivity contribution in [1.82, 2.24) is 9.59 Å². The number of esters is 1. The second-order valence-electron chi connectivity index (χ2n) is 2.57. The van der Waals surface area contributed by atoms with E-state index >= 15 is 0 Å². The summed E-state index contributed by atoms with van der Waals surface area (Å²) in [5.74, 6) is 0.420. The molecular weight excluding hydrogens is 236 g/mol. The number of aliphatic hydroxyl groups excluding tert-OH is 1. The van der Waals surface area contributed by atoms with Crippen LogP contribution in [0.2, 0.25) is 0 Å². The van der Waals surface area contributed by atoms with Gasteiger partial charge in [0.15, 0.2) is 0 Å². The third-order valence-electron chi connectivity index (χ3n) is 1.52. The smallest absolute Gasteiger partial charge is 0.306 e. The number of ether oxygens (including phenoxy) is 1. The molecule has 0 spiro atoms. The van der Waals surface area contributed by atoms with E-state index < -0.39 is 0 Å². The average Bonchev–Trinajstić information content (AvgIpc) is 2.66. The largest absolute Gasteiger partial charge is 0.466 e. The van der Waals surface area contributed by atoms with Gasteiger partial charge in [0.25, 0.3) is 0 Å². The highest BCUT2D eigenvalue weighted by atomic mass is 32.2. The lowest BCUT2D eigenvalue weighted by Crippen LogP contribution is -2.04. The third kappa shape index (κ3) is 4.15. The maximum atomic E-state index is 11.0. The predicted molar refractivity (Wildman–Crippen MR) is 57.8 cm³/mol. The molecule has 1 heterocycles. The number of thioether (sulfide) groups is 1. The van der Waals surface area contributed by atoms with Crippen molar-refractivity contribution in [3.63, 3.8) is 0 Å². The molecule has 1 rings (SSSR count). The summed E-state index contributed by atoms with van der Waals surface area (Å²) < 4.78 is 9.37. The molecule has 0 atom stereocenters. The van der Waals surface area contributed by atoms with Crippen molar-refractivity contribution in [2.75, 3.05) is 12.4 Å². The summed E-state index contributed by atoms with van der Waals surface area (Å²) in [4.78, 5) is 11.0. The first-order valence-electron chi connectivity index (χ1n) is 4.48. The Hall–Kier alpha value is -0.660. The fraction of sp³-hybridized carbons (Fsp3) is 0.625. The number of aromatic nitrogens is 2. The molecule has 0 aliphatic heterocycles. The molecule has 0 fully saturated rings. The molecule has 1 aromatic heterocycles. The van der Waals surface area contributed by atoms with Crippen LogP contribution in [-0.4, -0.2) is 33.0 Å². The third-order valence-corrected chi connectivity index (χ3v) is 3.56. The Labute approximate surface area is 96.0 Å². The first-order valence-corrected chi connectivity index (χ1v) is 6.24. The van der Waals surface area contributed by atoms with E-state index in [0.717, 1.165) is 4.21 Å². The van der Waals surface area contributed by atoms with E-state index in [2.05, 4.69) is 9.59 Å². The summed E-state index contributed by atoms with van der Waals surface area (Å²) in [6.45, 7) is 2.08. The number of hydrogen-bond acceptors (Lipinski definition) is 7. The summed E-state index contributed by atoms with van der Waals surface area (Å²) in [5, 5.41) is 12.6. The first kappa shape index (κ1) is 12.4. The zero-order valence-corrected chi connectivity index (χ0v) is 9.94. The Kier molecular flexibility index (Phi) is 5.59. The molecule has 5 nitrogen and oxygen atoms in total. The highest BCUT2D eigenvalue weighted by molar-refractivity contribution is 8.01. The lowest BCUT2D eigenvalue weighted by molar-refractivity contribution is -0.142. The SMILES string of the molecule is CCOC(=O)CCSc1snnc1CO. The molecular formula is C8H12N2O3S2. The lowest BCUT2D eigenvalue weighted by Gasteiger charge is -2.00. The standard InChI is InChI=1S/C8H12N2O3S2/c1-2-13-7(12)3-4-14-8-6(5-11)9-10-15-8/h11H,2-5H2,1H3. The van der Waals surface area contributed by atoms with Crippen LogP contribution < -0.4 is 0 Å². The van der Waals surface area contributed by atoms with Crippen LogP contribution in [0.1, 0.15) is 19.0 Å². The van der Waals surface area contributed by atoms with Crippen molar-refractivity contribution >= 4 is 29.3 Å². The Morgan fingerprint density at radius 3 is 3.13 bits per heavy atom. The molecule has 0 radical (unpaired) electrons. The molecule has 0 bridgehead atoms. The van der Waals surface area contributed by atoms with Crippen LogP contribution in [0.5, 0.6) is 0 Å². The molecule has 0 aliphatic carbocycles. The van der Waals surface area contributed by atoms with Gasteiger partial charge in [-0.15, -0.1) is 16.9 Å². The molecule has 15 heavy (non-hydrogen) atoms. The quantitative estimate of drug-likeness (QED) is 0.600. The molecule has 0 unspecified atom stereocenters. The summed E-state index contributed by atoms with van der Waals surface area (Å²) >= 11 is 2.69. The molecule has 7 heteroatoms. The van der Waals surface area contributed by atoms with Crippen molar-refractivity contribution < 1.29 is 14.6 Å². The number of aliphatic hydroxyl groups is 1. The van der Waals surface area contributed by atoms with E-state index in [9.17, 15) is 4.79 Å². The van der Waals surface area contributed by atoms with E-state index in [-0.39, 0.29) is 12.6 Å². The number of carbonyl (C=O) groups is 1. The molecule has 1 aromatic rings. The van der Waals surface area contributed by atoms with Crippen molar-refractivity contribution in [3.8, 4) is 0 Å². The van der Waals surface area contributed by atoms with E-state index in [1.54, 1.807) is 6.92 Å². The second kappa shape index (κ2) is 6.76. The molecule has 0 amide bonds. The molecule has 0 aliphatic rings. The van der Waals surface area contributed by atoms with E-state index in [1.165, 1.54) is 23.3 Å². The van der Waals surface area contributed by atoms with Crippen molar-refractivity contribution in [3.05, 3.63) is 5.69 Å². The van der Waals surface area contributed by atoms with Crippen LogP contribution in [0.15, 0.2) is 4.21 Å². The Morgan fingerprint density at radius 1 is 1.67 bits per heavy atom. The number of nitrogens with zero attached hydrogens (tertiary/aromatic N) is 2. The molecule has 84 valence electrons. The molecule has 0 saturated carbocycles. The fourth-order valence-corrected chi connectivity index (χ4v) is 2.58. The van der Waals surface area contributed by atoms with Gasteiger partial charge in [-0.1, -0.05) is 4.49 Å². The minimum absolute atomic E-state index is 0.113. The van der Waals surface area contributed by atoms with Crippen LogP contribution in [0, 0.1) is 0 Å². The minimum Gasteiger partial charge on any atom is -0.466 e. The summed E-state index contributed by atoms with van der Waals surface area (Å²) in [5.41, 5.74) is 0.578. The Bertz CT molecular complexity index is 317. The topological polar surface area (TPSA) is 72.3 Å². The number of rotatable bonds is 6. The lowest BCUT2D eigenvalue weighted by atomic mass is 10.5. The second-order valence-corrected chi connectivity index (χ2v) is 4.69. The minimum atomic E-state index is -0.201.